The van der Waals surface area contributed by atoms with Crippen LogP contribution in [0.3, 0.4) is 0 Å². The van der Waals surface area contributed by atoms with Crippen LogP contribution in [0.4, 0.5) is 11.4 Å². The minimum atomic E-state index is -0.386. The lowest BCUT2D eigenvalue weighted by molar-refractivity contribution is -0.384. The molecule has 3 aromatic rings. The van der Waals surface area contributed by atoms with Gasteiger partial charge in [0.2, 0.25) is 0 Å². The number of anilines is 1. The summed E-state index contributed by atoms with van der Waals surface area (Å²) in [4.78, 5) is 14.9. The van der Waals surface area contributed by atoms with Crippen molar-refractivity contribution >= 4 is 17.1 Å². The third-order valence-electron chi connectivity index (χ3n) is 4.38. The van der Waals surface area contributed by atoms with Crippen molar-refractivity contribution in [1.82, 2.24) is 4.98 Å². The number of nitro groups is 1. The fraction of sp³-hybridized carbons (Fsp3) is 0.100. The predicted molar refractivity (Wildman–Crippen MR) is 100 cm³/mol. The molecule has 128 valence electrons. The number of nitro benzene ring substituents is 1. The van der Waals surface area contributed by atoms with Crippen LogP contribution in [-0.4, -0.2) is 15.6 Å². The highest BCUT2D eigenvalue weighted by Crippen LogP contribution is 2.36. The molecule has 0 amide bonds. The summed E-state index contributed by atoms with van der Waals surface area (Å²) < 4.78 is 0. The van der Waals surface area contributed by atoms with Gasteiger partial charge in [0.1, 0.15) is 0 Å². The summed E-state index contributed by atoms with van der Waals surface area (Å²) in [6.45, 7) is 0. The Bertz CT molecular complexity index is 941. The number of rotatable bonds is 4. The number of nitrogens with zero attached hydrogens (tertiary/aromatic N) is 4. The first kappa shape index (κ1) is 16.0. The van der Waals surface area contributed by atoms with E-state index in [0.717, 1.165) is 22.7 Å². The van der Waals surface area contributed by atoms with E-state index >= 15 is 0 Å². The van der Waals surface area contributed by atoms with Crippen molar-refractivity contribution in [3.63, 3.8) is 0 Å². The number of hydrazone groups is 1. The molecule has 6 heteroatoms. The van der Waals surface area contributed by atoms with E-state index in [4.69, 9.17) is 5.10 Å². The maximum atomic E-state index is 10.9. The standard InChI is InChI=1S/C20H16N4O2/c25-24(26)17-11-9-15(10-12-17)20-14-19(18-8-4-5-13-21-18)22-23(20)16-6-2-1-3-7-16/h1-13,20H,14H2/t20-/m0/s1. The summed E-state index contributed by atoms with van der Waals surface area (Å²) >= 11 is 0. The number of hydrogen-bond acceptors (Lipinski definition) is 5. The largest absolute Gasteiger partial charge is 0.269 e. The lowest BCUT2D eigenvalue weighted by Crippen LogP contribution is -2.18. The fourth-order valence-electron chi connectivity index (χ4n) is 3.10. The molecule has 0 aliphatic carbocycles. The van der Waals surface area contributed by atoms with Crippen LogP contribution in [0, 0.1) is 10.1 Å². The molecule has 0 unspecified atom stereocenters. The molecule has 0 bridgehead atoms. The number of para-hydroxylation sites is 1. The van der Waals surface area contributed by atoms with Gasteiger partial charge in [-0.25, -0.2) is 0 Å². The second-order valence-electron chi connectivity index (χ2n) is 6.01. The third-order valence-corrected chi connectivity index (χ3v) is 4.38. The van der Waals surface area contributed by atoms with Gasteiger partial charge in [-0.3, -0.25) is 20.1 Å². The quantitative estimate of drug-likeness (QED) is 0.521. The zero-order valence-corrected chi connectivity index (χ0v) is 13.9. The molecule has 0 saturated carbocycles. The van der Waals surface area contributed by atoms with E-state index in [1.807, 2.05) is 53.5 Å². The minimum absolute atomic E-state index is 0.0322. The van der Waals surface area contributed by atoms with Crippen LogP contribution in [0.25, 0.3) is 0 Å². The molecule has 0 fully saturated rings. The van der Waals surface area contributed by atoms with Gasteiger partial charge in [-0.05, 0) is 29.8 Å². The van der Waals surface area contributed by atoms with E-state index in [2.05, 4.69) is 4.98 Å². The Balaban J connectivity index is 1.72. The molecule has 1 atom stereocenters. The summed E-state index contributed by atoms with van der Waals surface area (Å²) in [6.07, 6.45) is 2.44. The average molecular weight is 344 g/mol. The number of non-ortho nitro benzene ring substituents is 1. The molecule has 2 heterocycles. The molecule has 0 radical (unpaired) electrons. The van der Waals surface area contributed by atoms with Gasteiger partial charge in [-0.1, -0.05) is 36.4 Å². The van der Waals surface area contributed by atoms with Gasteiger partial charge < -0.3 is 0 Å². The Morgan fingerprint density at radius 3 is 2.35 bits per heavy atom. The summed E-state index contributed by atoms with van der Waals surface area (Å²) in [5.41, 5.74) is 3.79. The van der Waals surface area contributed by atoms with Crippen LogP contribution < -0.4 is 5.01 Å². The molecule has 6 nitrogen and oxygen atoms in total. The van der Waals surface area contributed by atoms with Crippen molar-refractivity contribution in [2.24, 2.45) is 5.10 Å². The number of aromatic nitrogens is 1. The van der Waals surface area contributed by atoms with E-state index in [1.165, 1.54) is 12.1 Å². The predicted octanol–water partition coefficient (Wildman–Crippen LogP) is 4.35. The Morgan fingerprint density at radius 2 is 1.69 bits per heavy atom. The van der Waals surface area contributed by atoms with Crippen molar-refractivity contribution in [1.29, 1.82) is 0 Å². The zero-order chi connectivity index (χ0) is 17.9. The topological polar surface area (TPSA) is 71.6 Å². The second kappa shape index (κ2) is 6.76. The summed E-state index contributed by atoms with van der Waals surface area (Å²) in [6, 6.07) is 22.3. The molecule has 0 spiro atoms. The summed E-state index contributed by atoms with van der Waals surface area (Å²) in [5, 5.41) is 17.7. The monoisotopic (exact) mass is 344 g/mol. The zero-order valence-electron chi connectivity index (χ0n) is 13.9. The molecule has 26 heavy (non-hydrogen) atoms. The first-order valence-electron chi connectivity index (χ1n) is 8.30. The summed E-state index contributed by atoms with van der Waals surface area (Å²) in [7, 11) is 0. The molecule has 1 aromatic heterocycles. The number of hydrogen-bond donors (Lipinski definition) is 0. The van der Waals surface area contributed by atoms with Gasteiger partial charge in [0.15, 0.2) is 0 Å². The van der Waals surface area contributed by atoms with E-state index < -0.39 is 0 Å². The highest BCUT2D eigenvalue weighted by atomic mass is 16.6. The fourth-order valence-corrected chi connectivity index (χ4v) is 3.10. The van der Waals surface area contributed by atoms with Crippen LogP contribution in [0.1, 0.15) is 23.7 Å². The Kier molecular flexibility index (Phi) is 4.15. The van der Waals surface area contributed by atoms with Crippen LogP contribution in [-0.2, 0) is 0 Å². The molecule has 0 N–H and O–H groups in total. The van der Waals surface area contributed by atoms with Crippen LogP contribution >= 0.6 is 0 Å². The van der Waals surface area contributed by atoms with Crippen molar-refractivity contribution in [3.05, 3.63) is 100 Å². The smallest absolute Gasteiger partial charge is 0.258 e. The van der Waals surface area contributed by atoms with E-state index in [9.17, 15) is 10.1 Å². The Labute approximate surface area is 150 Å². The molecule has 1 aliphatic rings. The molecule has 1 aliphatic heterocycles. The lowest BCUT2D eigenvalue weighted by atomic mass is 10.00. The first-order chi connectivity index (χ1) is 12.7. The van der Waals surface area contributed by atoms with Gasteiger partial charge in [-0.15, -0.1) is 0 Å². The van der Waals surface area contributed by atoms with Crippen LogP contribution in [0.5, 0.6) is 0 Å². The van der Waals surface area contributed by atoms with Gasteiger partial charge in [-0.2, -0.15) is 5.10 Å². The SMILES string of the molecule is O=[N+]([O-])c1ccc([C@@H]2CC(c3ccccn3)=NN2c2ccccc2)cc1. The lowest BCUT2D eigenvalue weighted by Gasteiger charge is -2.23. The maximum absolute atomic E-state index is 10.9. The van der Waals surface area contributed by atoms with Gasteiger partial charge >= 0.3 is 0 Å². The maximum Gasteiger partial charge on any atom is 0.269 e. The van der Waals surface area contributed by atoms with E-state index in [1.54, 1.807) is 18.3 Å². The Hall–Kier alpha value is -3.54. The third kappa shape index (κ3) is 3.04. The van der Waals surface area contributed by atoms with Crippen molar-refractivity contribution in [2.45, 2.75) is 12.5 Å². The van der Waals surface area contributed by atoms with E-state index in [-0.39, 0.29) is 16.7 Å². The normalized spacial score (nSPS) is 16.4. The molecular weight excluding hydrogens is 328 g/mol. The van der Waals surface area contributed by atoms with E-state index in [0.29, 0.717) is 6.42 Å². The Morgan fingerprint density at radius 1 is 0.962 bits per heavy atom. The van der Waals surface area contributed by atoms with Crippen molar-refractivity contribution in [2.75, 3.05) is 5.01 Å². The highest BCUT2D eigenvalue weighted by Gasteiger charge is 2.30. The van der Waals surface area contributed by atoms with Gasteiger partial charge in [0.25, 0.3) is 5.69 Å². The van der Waals surface area contributed by atoms with Crippen LogP contribution in [0.15, 0.2) is 84.1 Å². The summed E-state index contributed by atoms with van der Waals surface area (Å²) in [5.74, 6) is 0. The minimum Gasteiger partial charge on any atom is -0.258 e. The molecule has 4 rings (SSSR count). The number of pyridine rings is 1. The average Bonchev–Trinajstić information content (AvgIpc) is 3.15. The second-order valence-corrected chi connectivity index (χ2v) is 6.01. The van der Waals surface area contributed by atoms with Gasteiger partial charge in [0.05, 0.1) is 28.1 Å². The molecule has 2 aromatic carbocycles. The van der Waals surface area contributed by atoms with Crippen molar-refractivity contribution < 1.29 is 4.92 Å². The molecular formula is C20H16N4O2. The molecule has 0 saturated heterocycles. The highest BCUT2D eigenvalue weighted by molar-refractivity contribution is 6.01. The first-order valence-corrected chi connectivity index (χ1v) is 8.30. The van der Waals surface area contributed by atoms with Crippen molar-refractivity contribution in [3.8, 4) is 0 Å². The van der Waals surface area contributed by atoms with Crippen LogP contribution in [0.2, 0.25) is 0 Å². The van der Waals surface area contributed by atoms with Gasteiger partial charge in [0, 0.05) is 24.8 Å². The number of benzene rings is 2.